The van der Waals surface area contributed by atoms with Crippen LogP contribution in [0.3, 0.4) is 0 Å². The van der Waals surface area contributed by atoms with Crippen LogP contribution in [-0.4, -0.2) is 67.4 Å². The largest absolute Gasteiger partial charge is 0.480 e. The molecule has 0 spiro atoms. The first kappa shape index (κ1) is 16.8. The van der Waals surface area contributed by atoms with Gasteiger partial charge in [0.15, 0.2) is 4.21 Å². The number of carbonyl (C=O) groups is 1. The van der Waals surface area contributed by atoms with Gasteiger partial charge in [-0.05, 0) is 21.0 Å². The molecule has 0 aliphatic rings. The van der Waals surface area contributed by atoms with E-state index in [0.29, 0.717) is 17.9 Å². The Morgan fingerprint density at radius 2 is 1.95 bits per heavy atom. The quantitative estimate of drug-likeness (QED) is 0.692. The number of likely N-dealkylation sites (N-methyl/N-ethyl adjacent to an activating group) is 1. The van der Waals surface area contributed by atoms with Crippen LogP contribution in [0, 0.1) is 6.92 Å². The first-order valence-corrected chi connectivity index (χ1v) is 7.96. The summed E-state index contributed by atoms with van der Waals surface area (Å²) in [4.78, 5) is 25.7. The third-order valence-corrected chi connectivity index (χ3v) is 5.89. The maximum Gasteiger partial charge on any atom is 0.318 e. The molecular formula is C10H17N3O5S2. The molecule has 114 valence electrons. The molecule has 0 unspecified atom stereocenters. The second kappa shape index (κ2) is 6.48. The lowest BCUT2D eigenvalue weighted by molar-refractivity contribution is -0.137. The number of hydrogen-bond acceptors (Lipinski definition) is 6. The van der Waals surface area contributed by atoms with Crippen molar-refractivity contribution in [2.45, 2.75) is 11.1 Å². The van der Waals surface area contributed by atoms with Gasteiger partial charge in [0.25, 0.3) is 10.0 Å². The zero-order valence-electron chi connectivity index (χ0n) is 11.4. The average molecular weight is 323 g/mol. The van der Waals surface area contributed by atoms with Crippen LogP contribution in [0.5, 0.6) is 0 Å². The summed E-state index contributed by atoms with van der Waals surface area (Å²) in [5.74, 6) is -1.24. The Morgan fingerprint density at radius 1 is 1.35 bits per heavy atom. The van der Waals surface area contributed by atoms with Gasteiger partial charge in [0, 0.05) is 18.8 Å². The van der Waals surface area contributed by atoms with E-state index in [1.54, 1.807) is 19.0 Å². The van der Waals surface area contributed by atoms with Crippen molar-refractivity contribution in [1.82, 2.24) is 14.2 Å². The molecule has 1 rings (SSSR count). The number of nitrogens with one attached hydrogen (secondary N) is 1. The van der Waals surface area contributed by atoms with Crippen molar-refractivity contribution in [3.05, 3.63) is 15.4 Å². The lowest BCUT2D eigenvalue weighted by atomic mass is 10.5. The minimum atomic E-state index is -3.99. The highest BCUT2D eigenvalue weighted by Crippen LogP contribution is 2.20. The molecule has 8 nitrogen and oxygen atoms in total. The smallest absolute Gasteiger partial charge is 0.318 e. The van der Waals surface area contributed by atoms with Gasteiger partial charge in [-0.2, -0.15) is 4.31 Å². The molecule has 0 atom stereocenters. The zero-order valence-corrected chi connectivity index (χ0v) is 13.0. The highest BCUT2D eigenvalue weighted by Gasteiger charge is 2.30. The number of thiazole rings is 1. The molecule has 0 aliphatic carbocycles. The van der Waals surface area contributed by atoms with E-state index in [0.717, 1.165) is 4.31 Å². The Morgan fingerprint density at radius 3 is 2.35 bits per heavy atom. The molecule has 0 fully saturated rings. The van der Waals surface area contributed by atoms with E-state index in [-0.39, 0.29) is 16.4 Å². The number of aromatic nitrogens is 1. The zero-order chi connectivity index (χ0) is 15.5. The third kappa shape index (κ3) is 4.13. The predicted molar refractivity (Wildman–Crippen MR) is 74.6 cm³/mol. The average Bonchev–Trinajstić information content (AvgIpc) is 2.63. The summed E-state index contributed by atoms with van der Waals surface area (Å²) >= 11 is 0.564. The van der Waals surface area contributed by atoms with E-state index in [2.05, 4.69) is 4.98 Å². The van der Waals surface area contributed by atoms with Gasteiger partial charge in [0.2, 0.25) is 0 Å². The SMILES string of the molecule is Cc1[nH]c(=O)sc1S(=O)(=O)N(CCN(C)C)CC(=O)O. The van der Waals surface area contributed by atoms with Crippen molar-refractivity contribution < 1.29 is 18.3 Å². The Hall–Kier alpha value is -1.23. The van der Waals surface area contributed by atoms with E-state index in [9.17, 15) is 18.0 Å². The van der Waals surface area contributed by atoms with Gasteiger partial charge in [-0.3, -0.25) is 9.59 Å². The summed E-state index contributed by atoms with van der Waals surface area (Å²) < 4.78 is 25.5. The van der Waals surface area contributed by atoms with Crippen LogP contribution in [0.1, 0.15) is 5.69 Å². The van der Waals surface area contributed by atoms with E-state index < -0.39 is 27.4 Å². The molecule has 0 bridgehead atoms. The van der Waals surface area contributed by atoms with Crippen LogP contribution >= 0.6 is 11.3 Å². The van der Waals surface area contributed by atoms with Gasteiger partial charge < -0.3 is 15.0 Å². The first-order valence-electron chi connectivity index (χ1n) is 5.71. The van der Waals surface area contributed by atoms with Crippen molar-refractivity contribution in [3.63, 3.8) is 0 Å². The van der Waals surface area contributed by atoms with E-state index in [1.807, 2.05) is 0 Å². The number of H-pyrrole nitrogens is 1. The highest BCUT2D eigenvalue weighted by molar-refractivity contribution is 7.91. The third-order valence-electron chi connectivity index (χ3n) is 2.46. The standard InChI is InChI=1S/C10H17N3O5S2/c1-7-9(19-10(16)11-7)20(17,18)13(6-8(14)15)5-4-12(2)3/h4-6H2,1-3H3,(H,11,16)(H,14,15). The van der Waals surface area contributed by atoms with Gasteiger partial charge in [-0.25, -0.2) is 8.42 Å². The van der Waals surface area contributed by atoms with Gasteiger partial charge in [-0.15, -0.1) is 0 Å². The number of nitrogens with zero attached hydrogens (tertiary/aromatic N) is 2. The predicted octanol–water partition coefficient (Wildman–Crippen LogP) is -0.618. The summed E-state index contributed by atoms with van der Waals surface area (Å²) in [7, 11) is -0.478. The number of sulfonamides is 1. The summed E-state index contributed by atoms with van der Waals surface area (Å²) in [5.41, 5.74) is 0.222. The number of aliphatic carboxylic acids is 1. The van der Waals surface area contributed by atoms with Crippen molar-refractivity contribution in [1.29, 1.82) is 0 Å². The molecule has 0 radical (unpaired) electrons. The summed E-state index contributed by atoms with van der Waals surface area (Å²) in [6, 6.07) is 0. The Kier molecular flexibility index (Phi) is 5.45. The normalized spacial score (nSPS) is 12.2. The molecule has 0 saturated carbocycles. The molecule has 20 heavy (non-hydrogen) atoms. The molecule has 0 aliphatic heterocycles. The number of rotatable bonds is 7. The number of carboxylic acid groups (broad SMARTS) is 1. The number of aryl methyl sites for hydroxylation is 1. The van der Waals surface area contributed by atoms with Crippen LogP contribution in [-0.2, 0) is 14.8 Å². The Labute approximate surface area is 120 Å². The summed E-state index contributed by atoms with van der Waals surface area (Å²) in [5, 5.41) is 8.85. The molecule has 1 aromatic heterocycles. The maximum atomic E-state index is 12.4. The first-order chi connectivity index (χ1) is 9.14. The van der Waals surface area contributed by atoms with E-state index >= 15 is 0 Å². The van der Waals surface area contributed by atoms with Crippen LogP contribution in [0.4, 0.5) is 0 Å². The highest BCUT2D eigenvalue weighted by atomic mass is 32.2. The maximum absolute atomic E-state index is 12.4. The molecule has 1 aromatic rings. The van der Waals surface area contributed by atoms with Crippen LogP contribution in [0.2, 0.25) is 0 Å². The monoisotopic (exact) mass is 323 g/mol. The molecule has 2 N–H and O–H groups in total. The molecule has 10 heteroatoms. The van der Waals surface area contributed by atoms with Crippen molar-refractivity contribution in [2.24, 2.45) is 0 Å². The number of aromatic amines is 1. The van der Waals surface area contributed by atoms with Crippen molar-refractivity contribution in [3.8, 4) is 0 Å². The number of hydrogen-bond donors (Lipinski definition) is 2. The summed E-state index contributed by atoms with van der Waals surface area (Å²) in [6.07, 6.45) is 0. The van der Waals surface area contributed by atoms with Gasteiger partial charge in [0.05, 0.1) is 0 Å². The lowest BCUT2D eigenvalue weighted by Crippen LogP contribution is -2.39. The molecular weight excluding hydrogens is 306 g/mol. The molecule has 1 heterocycles. The minimum Gasteiger partial charge on any atom is -0.480 e. The fourth-order valence-corrected chi connectivity index (χ4v) is 4.32. The van der Waals surface area contributed by atoms with Gasteiger partial charge in [0.1, 0.15) is 6.54 Å². The minimum absolute atomic E-state index is 0.0349. The second-order valence-corrected chi connectivity index (χ2v) is 7.58. The second-order valence-electron chi connectivity index (χ2n) is 4.46. The van der Waals surface area contributed by atoms with Crippen molar-refractivity contribution in [2.75, 3.05) is 33.7 Å². The van der Waals surface area contributed by atoms with Gasteiger partial charge in [-0.1, -0.05) is 11.3 Å². The Balaban J connectivity index is 3.13. The fraction of sp³-hybridized carbons (Fsp3) is 0.600. The van der Waals surface area contributed by atoms with Crippen molar-refractivity contribution >= 4 is 27.3 Å². The fourth-order valence-electron chi connectivity index (χ4n) is 1.50. The van der Waals surface area contributed by atoms with Crippen LogP contribution in [0.15, 0.2) is 9.00 Å². The van der Waals surface area contributed by atoms with Gasteiger partial charge >= 0.3 is 10.8 Å². The molecule has 0 amide bonds. The topological polar surface area (TPSA) is 111 Å². The van der Waals surface area contributed by atoms with E-state index in [1.165, 1.54) is 6.92 Å². The van der Waals surface area contributed by atoms with E-state index in [4.69, 9.17) is 5.11 Å². The lowest BCUT2D eigenvalue weighted by Gasteiger charge is -2.21. The van der Waals surface area contributed by atoms with Crippen LogP contribution < -0.4 is 4.87 Å². The van der Waals surface area contributed by atoms with Crippen LogP contribution in [0.25, 0.3) is 0 Å². The molecule has 0 saturated heterocycles. The molecule has 0 aromatic carbocycles. The number of carboxylic acids is 1. The Bertz CT molecular complexity index is 632. The summed E-state index contributed by atoms with van der Waals surface area (Å²) in [6.45, 7) is 1.25.